The first kappa shape index (κ1) is 14.1. The highest BCUT2D eigenvalue weighted by molar-refractivity contribution is 5.95. The summed E-state index contributed by atoms with van der Waals surface area (Å²) >= 11 is 0. The van der Waals surface area contributed by atoms with E-state index in [9.17, 15) is 14.7 Å². The summed E-state index contributed by atoms with van der Waals surface area (Å²) in [5.41, 5.74) is 0.384. The number of nitrogens with zero attached hydrogens (tertiary/aromatic N) is 3. The molecule has 0 aliphatic carbocycles. The van der Waals surface area contributed by atoms with E-state index >= 15 is 0 Å². The molecule has 2 N–H and O–H groups in total. The average Bonchev–Trinajstić information content (AvgIpc) is 3.04. The minimum atomic E-state index is -0.916. The lowest BCUT2D eigenvalue weighted by atomic mass is 9.77. The molecule has 21 heavy (non-hydrogen) atoms. The third-order valence-corrected chi connectivity index (χ3v) is 4.75. The molecule has 2 aliphatic rings. The highest BCUT2D eigenvalue weighted by atomic mass is 16.4. The van der Waals surface area contributed by atoms with E-state index in [4.69, 9.17) is 0 Å². The molecule has 1 amide bonds. The predicted octanol–water partition coefficient (Wildman–Crippen LogP) is 0.0890. The number of hydrogen-bond donors (Lipinski definition) is 2. The number of carboxylic acid groups (broad SMARTS) is 1. The summed E-state index contributed by atoms with van der Waals surface area (Å²) in [6.07, 6.45) is 5.44. The fraction of sp³-hybridized carbons (Fsp3) is 0.643. The van der Waals surface area contributed by atoms with E-state index in [-0.39, 0.29) is 11.3 Å². The van der Waals surface area contributed by atoms with Crippen LogP contribution in [0, 0.1) is 5.41 Å². The van der Waals surface area contributed by atoms with E-state index in [0.29, 0.717) is 18.7 Å². The van der Waals surface area contributed by atoms with E-state index in [2.05, 4.69) is 10.3 Å². The van der Waals surface area contributed by atoms with Gasteiger partial charge in [0.15, 0.2) is 0 Å². The predicted molar refractivity (Wildman–Crippen MR) is 74.8 cm³/mol. The number of aromatic nitrogens is 2. The monoisotopic (exact) mass is 292 g/mol. The summed E-state index contributed by atoms with van der Waals surface area (Å²) in [4.78, 5) is 29.7. The summed E-state index contributed by atoms with van der Waals surface area (Å²) in [5, 5.41) is 12.8. The van der Waals surface area contributed by atoms with Crippen LogP contribution in [0.15, 0.2) is 12.5 Å². The maximum atomic E-state index is 12.7. The van der Waals surface area contributed by atoms with Gasteiger partial charge in [0.05, 0.1) is 12.5 Å². The minimum Gasteiger partial charge on any atom is -0.480 e. The molecule has 114 valence electrons. The molecule has 7 heteroatoms. The van der Waals surface area contributed by atoms with Crippen LogP contribution in [-0.4, -0.2) is 57.1 Å². The van der Waals surface area contributed by atoms with Gasteiger partial charge in [0.25, 0.3) is 5.91 Å². The zero-order valence-electron chi connectivity index (χ0n) is 12.1. The van der Waals surface area contributed by atoms with E-state index in [1.54, 1.807) is 17.9 Å². The van der Waals surface area contributed by atoms with Crippen LogP contribution in [0.5, 0.6) is 0 Å². The Kier molecular flexibility index (Phi) is 3.44. The quantitative estimate of drug-likeness (QED) is 0.806. The van der Waals surface area contributed by atoms with Crippen molar-refractivity contribution in [2.75, 3.05) is 19.6 Å². The number of carbonyl (C=O) groups excluding carboxylic acids is 1. The number of amides is 1. The molecular formula is C14H20N4O3. The minimum absolute atomic E-state index is 0.0530. The van der Waals surface area contributed by atoms with Crippen LogP contribution < -0.4 is 5.32 Å². The van der Waals surface area contributed by atoms with Gasteiger partial charge in [0.2, 0.25) is 0 Å². The van der Waals surface area contributed by atoms with Gasteiger partial charge < -0.3 is 19.9 Å². The van der Waals surface area contributed by atoms with Crippen molar-refractivity contribution in [3.8, 4) is 0 Å². The molecule has 1 spiro atoms. The lowest BCUT2D eigenvalue weighted by Crippen LogP contribution is -2.42. The molecule has 0 saturated carbocycles. The fourth-order valence-corrected chi connectivity index (χ4v) is 3.52. The van der Waals surface area contributed by atoms with Gasteiger partial charge in [-0.2, -0.15) is 0 Å². The zero-order valence-corrected chi connectivity index (χ0v) is 12.1. The van der Waals surface area contributed by atoms with E-state index in [0.717, 1.165) is 25.9 Å². The van der Waals surface area contributed by atoms with Crippen molar-refractivity contribution in [2.45, 2.75) is 25.3 Å². The molecule has 3 rings (SSSR count). The lowest BCUT2D eigenvalue weighted by Gasteiger charge is -2.33. The van der Waals surface area contributed by atoms with Crippen LogP contribution in [0.1, 0.15) is 29.8 Å². The van der Waals surface area contributed by atoms with Gasteiger partial charge in [-0.3, -0.25) is 4.79 Å². The van der Waals surface area contributed by atoms with Crippen LogP contribution in [0.3, 0.4) is 0 Å². The second-order valence-corrected chi connectivity index (χ2v) is 6.13. The van der Waals surface area contributed by atoms with Crippen molar-refractivity contribution in [3.63, 3.8) is 0 Å². The Hall–Kier alpha value is -1.89. The summed E-state index contributed by atoms with van der Waals surface area (Å²) in [6.45, 7) is 2.30. The smallest absolute Gasteiger partial charge is 0.326 e. The Morgan fingerprint density at radius 2 is 2.14 bits per heavy atom. The van der Waals surface area contributed by atoms with Gasteiger partial charge in [-0.15, -0.1) is 0 Å². The molecule has 0 unspecified atom stereocenters. The maximum absolute atomic E-state index is 12.7. The fourth-order valence-electron chi connectivity index (χ4n) is 3.52. The number of likely N-dealkylation sites (tertiary alicyclic amines) is 1. The van der Waals surface area contributed by atoms with Gasteiger partial charge >= 0.3 is 5.97 Å². The van der Waals surface area contributed by atoms with Crippen LogP contribution in [0.4, 0.5) is 0 Å². The molecule has 0 bridgehead atoms. The van der Waals surface area contributed by atoms with Gasteiger partial charge in [-0.25, -0.2) is 9.78 Å². The van der Waals surface area contributed by atoms with Crippen LogP contribution >= 0.6 is 0 Å². The van der Waals surface area contributed by atoms with Crippen molar-refractivity contribution in [1.82, 2.24) is 19.8 Å². The first-order valence-corrected chi connectivity index (χ1v) is 7.23. The SMILES string of the molecule is Cn1cncc1C(=O)N1CC2(CCNCC2)C[C@H]1C(=O)O. The Morgan fingerprint density at radius 1 is 1.43 bits per heavy atom. The largest absolute Gasteiger partial charge is 0.480 e. The molecule has 1 atom stereocenters. The number of nitrogens with one attached hydrogen (secondary N) is 1. The molecule has 0 radical (unpaired) electrons. The lowest BCUT2D eigenvalue weighted by molar-refractivity contribution is -0.141. The molecule has 3 heterocycles. The van der Waals surface area contributed by atoms with Crippen LogP contribution in [0.25, 0.3) is 0 Å². The molecule has 2 aliphatic heterocycles. The summed E-state index contributed by atoms with van der Waals surface area (Å²) in [7, 11) is 1.74. The summed E-state index contributed by atoms with van der Waals surface area (Å²) in [5.74, 6) is -1.15. The van der Waals surface area contributed by atoms with Gasteiger partial charge in [0.1, 0.15) is 11.7 Å². The standard InChI is InChI=1S/C14H20N4O3/c1-17-9-16-7-11(17)12(19)18-8-14(2-4-15-5-3-14)6-10(18)13(20)21/h7,9-10,15H,2-6,8H2,1H3,(H,20,21)/t10-/m0/s1. The number of hydrogen-bond acceptors (Lipinski definition) is 4. The van der Waals surface area contributed by atoms with E-state index in [1.807, 2.05) is 0 Å². The van der Waals surface area contributed by atoms with Gasteiger partial charge in [0, 0.05) is 13.6 Å². The Labute approximate surface area is 122 Å². The van der Waals surface area contributed by atoms with Crippen molar-refractivity contribution < 1.29 is 14.7 Å². The van der Waals surface area contributed by atoms with E-state index in [1.165, 1.54) is 11.1 Å². The maximum Gasteiger partial charge on any atom is 0.326 e. The summed E-state index contributed by atoms with van der Waals surface area (Å²) < 4.78 is 1.63. The Balaban J connectivity index is 1.87. The third-order valence-electron chi connectivity index (χ3n) is 4.75. The van der Waals surface area contributed by atoms with Crippen LogP contribution in [0.2, 0.25) is 0 Å². The second kappa shape index (κ2) is 5.14. The van der Waals surface area contributed by atoms with Crippen molar-refractivity contribution in [1.29, 1.82) is 0 Å². The van der Waals surface area contributed by atoms with E-state index < -0.39 is 12.0 Å². The number of carbonyl (C=O) groups is 2. The Morgan fingerprint density at radius 3 is 2.71 bits per heavy atom. The van der Waals surface area contributed by atoms with Crippen molar-refractivity contribution in [3.05, 3.63) is 18.2 Å². The van der Waals surface area contributed by atoms with Gasteiger partial charge in [-0.05, 0) is 37.8 Å². The van der Waals surface area contributed by atoms with Crippen molar-refractivity contribution >= 4 is 11.9 Å². The highest BCUT2D eigenvalue weighted by Gasteiger charge is 2.49. The first-order valence-electron chi connectivity index (χ1n) is 7.23. The molecular weight excluding hydrogens is 272 g/mol. The number of aryl methyl sites for hydroxylation is 1. The number of aliphatic carboxylic acids is 1. The van der Waals surface area contributed by atoms with Crippen molar-refractivity contribution in [2.24, 2.45) is 12.5 Å². The first-order chi connectivity index (χ1) is 10.0. The second-order valence-electron chi connectivity index (χ2n) is 6.13. The molecule has 1 aromatic heterocycles. The number of carboxylic acids is 1. The normalized spacial score (nSPS) is 24.4. The summed E-state index contributed by atoms with van der Waals surface area (Å²) in [6, 6.07) is -0.731. The zero-order chi connectivity index (χ0) is 15.0. The molecule has 2 saturated heterocycles. The number of imidazole rings is 1. The molecule has 7 nitrogen and oxygen atoms in total. The third kappa shape index (κ3) is 2.42. The molecule has 0 aromatic carbocycles. The topological polar surface area (TPSA) is 87.5 Å². The number of piperidine rings is 1. The highest BCUT2D eigenvalue weighted by Crippen LogP contribution is 2.42. The van der Waals surface area contributed by atoms with Crippen LogP contribution in [-0.2, 0) is 11.8 Å². The van der Waals surface area contributed by atoms with Gasteiger partial charge in [-0.1, -0.05) is 0 Å². The average molecular weight is 292 g/mol. The molecule has 2 fully saturated rings. The number of rotatable bonds is 2. The Bertz CT molecular complexity index is 562. The molecule has 1 aromatic rings.